The SMILES string of the molecule is COCCNCCn1ncc2c1CCc1c-2sc2ncnc(Nc3ccc4c(cnn4Cc4cccc(F)c4)c3)c12. The number of thiophene rings is 1. The Hall–Kier alpha value is -4.19. The third kappa shape index (κ3) is 4.96. The van der Waals surface area contributed by atoms with Gasteiger partial charge in [0.1, 0.15) is 22.8 Å². The normalized spacial score (nSPS) is 12.6. The number of aryl methyl sites for hydroxylation is 1. The van der Waals surface area contributed by atoms with Crippen molar-refractivity contribution >= 4 is 44.0 Å². The summed E-state index contributed by atoms with van der Waals surface area (Å²) in [5.41, 5.74) is 6.54. The van der Waals surface area contributed by atoms with Crippen molar-refractivity contribution in [1.82, 2.24) is 34.8 Å². The van der Waals surface area contributed by atoms with Crippen LogP contribution in [-0.2, 0) is 30.7 Å². The summed E-state index contributed by atoms with van der Waals surface area (Å²) in [6, 6.07) is 12.8. The van der Waals surface area contributed by atoms with E-state index in [0.717, 1.165) is 70.7 Å². The number of methoxy groups -OCH3 is 1. The molecule has 4 aromatic heterocycles. The van der Waals surface area contributed by atoms with Crippen molar-refractivity contribution in [2.45, 2.75) is 25.9 Å². The molecule has 41 heavy (non-hydrogen) atoms. The number of halogens is 1. The zero-order valence-corrected chi connectivity index (χ0v) is 23.4. The predicted molar refractivity (Wildman–Crippen MR) is 159 cm³/mol. The van der Waals surface area contributed by atoms with E-state index in [4.69, 9.17) is 9.84 Å². The molecular weight excluding hydrogens is 539 g/mol. The third-order valence-corrected chi connectivity index (χ3v) is 8.67. The summed E-state index contributed by atoms with van der Waals surface area (Å²) < 4.78 is 22.8. The van der Waals surface area contributed by atoms with Gasteiger partial charge in [0.25, 0.3) is 0 Å². The first-order valence-electron chi connectivity index (χ1n) is 13.7. The Morgan fingerprint density at radius 2 is 1.95 bits per heavy atom. The van der Waals surface area contributed by atoms with Gasteiger partial charge >= 0.3 is 0 Å². The number of hydrogen-bond donors (Lipinski definition) is 2. The van der Waals surface area contributed by atoms with Crippen LogP contribution in [0.25, 0.3) is 31.6 Å². The molecule has 1 aliphatic carbocycles. The Morgan fingerprint density at radius 3 is 2.85 bits per heavy atom. The first-order valence-corrected chi connectivity index (χ1v) is 14.5. The number of anilines is 2. The first kappa shape index (κ1) is 25.8. The minimum Gasteiger partial charge on any atom is -0.383 e. The van der Waals surface area contributed by atoms with E-state index in [2.05, 4.69) is 36.4 Å². The van der Waals surface area contributed by atoms with Crippen molar-refractivity contribution in [2.24, 2.45) is 0 Å². The molecule has 7 rings (SSSR count). The zero-order valence-electron chi connectivity index (χ0n) is 22.6. The number of rotatable bonds is 10. The maximum atomic E-state index is 13.7. The molecule has 2 N–H and O–H groups in total. The summed E-state index contributed by atoms with van der Waals surface area (Å²) in [5.74, 6) is 0.561. The second-order valence-corrected chi connectivity index (χ2v) is 11.1. The standard InChI is InChI=1S/C30H29FN8OS/c1-40-12-10-32-9-11-38-26-8-6-23-27-29(33-18-34-30(27)41-28(23)24(26)16-36-38)37-22-5-7-25-20(14-22)15-35-39(25)17-19-3-2-4-21(31)13-19/h2-5,7,13-16,18,32H,6,8-12,17H2,1H3,(H,33,34,37). The third-order valence-electron chi connectivity index (χ3n) is 7.50. The van der Waals surface area contributed by atoms with Crippen LogP contribution in [0, 0.1) is 5.82 Å². The molecule has 0 atom stereocenters. The number of nitrogens with zero attached hydrogens (tertiary/aromatic N) is 6. The van der Waals surface area contributed by atoms with E-state index in [1.165, 1.54) is 27.8 Å². The second-order valence-electron chi connectivity index (χ2n) is 10.1. The number of nitrogens with one attached hydrogen (secondary N) is 2. The smallest absolute Gasteiger partial charge is 0.142 e. The lowest BCUT2D eigenvalue weighted by atomic mass is 9.95. The quantitative estimate of drug-likeness (QED) is 0.220. The number of hydrogen-bond acceptors (Lipinski definition) is 8. The predicted octanol–water partition coefficient (Wildman–Crippen LogP) is 5.17. The highest BCUT2D eigenvalue weighted by Crippen LogP contribution is 2.45. The summed E-state index contributed by atoms with van der Waals surface area (Å²) in [6.07, 6.45) is 7.30. The van der Waals surface area contributed by atoms with Gasteiger partial charge in [-0.15, -0.1) is 11.3 Å². The lowest BCUT2D eigenvalue weighted by molar-refractivity contribution is 0.199. The van der Waals surface area contributed by atoms with E-state index in [1.54, 1.807) is 36.9 Å². The van der Waals surface area contributed by atoms with Crippen molar-refractivity contribution in [3.63, 3.8) is 0 Å². The lowest BCUT2D eigenvalue weighted by Crippen LogP contribution is -2.25. The molecule has 208 valence electrons. The van der Waals surface area contributed by atoms with Crippen molar-refractivity contribution in [1.29, 1.82) is 0 Å². The fourth-order valence-corrected chi connectivity index (χ4v) is 6.78. The van der Waals surface area contributed by atoms with Gasteiger partial charge in [0.2, 0.25) is 0 Å². The molecule has 6 aromatic rings. The topological polar surface area (TPSA) is 94.7 Å². The van der Waals surface area contributed by atoms with Gasteiger partial charge in [-0.2, -0.15) is 10.2 Å². The van der Waals surface area contributed by atoms with Gasteiger partial charge in [-0.1, -0.05) is 12.1 Å². The Morgan fingerprint density at radius 1 is 1.02 bits per heavy atom. The zero-order chi connectivity index (χ0) is 27.8. The van der Waals surface area contributed by atoms with Crippen LogP contribution in [0.15, 0.2) is 61.2 Å². The van der Waals surface area contributed by atoms with Crippen LogP contribution in [0.1, 0.15) is 16.8 Å². The van der Waals surface area contributed by atoms with Crippen LogP contribution in [0.3, 0.4) is 0 Å². The van der Waals surface area contributed by atoms with Crippen LogP contribution < -0.4 is 10.6 Å². The van der Waals surface area contributed by atoms with Crippen LogP contribution in [-0.4, -0.2) is 56.3 Å². The van der Waals surface area contributed by atoms with Gasteiger partial charge in [0.05, 0.1) is 43.0 Å². The molecule has 0 radical (unpaired) electrons. The number of fused-ring (bicyclic) bond motifs is 6. The van der Waals surface area contributed by atoms with E-state index in [0.29, 0.717) is 13.2 Å². The van der Waals surface area contributed by atoms with Crippen molar-refractivity contribution < 1.29 is 9.13 Å². The van der Waals surface area contributed by atoms with E-state index < -0.39 is 0 Å². The fraction of sp³-hybridized carbons (Fsp3) is 0.267. The van der Waals surface area contributed by atoms with E-state index >= 15 is 0 Å². The Balaban J connectivity index is 1.14. The fourth-order valence-electron chi connectivity index (χ4n) is 5.56. The molecule has 0 saturated carbocycles. The average molecular weight is 569 g/mol. The Labute approximate surface area is 240 Å². The van der Waals surface area contributed by atoms with Crippen LogP contribution >= 0.6 is 11.3 Å². The monoisotopic (exact) mass is 568 g/mol. The van der Waals surface area contributed by atoms with Crippen LogP contribution in [0.5, 0.6) is 0 Å². The minimum absolute atomic E-state index is 0.242. The number of benzene rings is 2. The van der Waals surface area contributed by atoms with Crippen molar-refractivity contribution in [3.05, 3.63) is 83.8 Å². The summed E-state index contributed by atoms with van der Waals surface area (Å²) in [7, 11) is 1.71. The maximum absolute atomic E-state index is 13.7. The molecule has 11 heteroatoms. The molecule has 0 spiro atoms. The molecule has 0 bridgehead atoms. The Bertz CT molecular complexity index is 1860. The largest absolute Gasteiger partial charge is 0.383 e. The molecule has 0 fully saturated rings. The molecule has 0 aliphatic heterocycles. The second kappa shape index (κ2) is 11.0. The van der Waals surface area contributed by atoms with Gasteiger partial charge in [-0.05, 0) is 54.3 Å². The van der Waals surface area contributed by atoms with Gasteiger partial charge in [0, 0.05) is 47.4 Å². The first-order chi connectivity index (χ1) is 20.2. The van der Waals surface area contributed by atoms with Crippen LogP contribution in [0.4, 0.5) is 15.9 Å². The molecular formula is C30H29FN8OS. The van der Waals surface area contributed by atoms with Crippen LogP contribution in [0.2, 0.25) is 0 Å². The van der Waals surface area contributed by atoms with Gasteiger partial charge < -0.3 is 15.4 Å². The molecule has 2 aromatic carbocycles. The van der Waals surface area contributed by atoms with Gasteiger partial charge in [-0.25, -0.2) is 14.4 Å². The Kier molecular flexibility index (Phi) is 6.91. The van der Waals surface area contributed by atoms with E-state index in [-0.39, 0.29) is 5.82 Å². The summed E-state index contributed by atoms with van der Waals surface area (Å²) in [4.78, 5) is 11.5. The molecule has 4 heterocycles. The van der Waals surface area contributed by atoms with Gasteiger partial charge in [-0.3, -0.25) is 9.36 Å². The van der Waals surface area contributed by atoms with Gasteiger partial charge in [0.15, 0.2) is 0 Å². The molecule has 9 nitrogen and oxygen atoms in total. The summed E-state index contributed by atoms with van der Waals surface area (Å²) in [5, 5.41) is 18.3. The van der Waals surface area contributed by atoms with E-state index in [1.807, 2.05) is 35.3 Å². The number of ether oxygens (including phenoxy) is 1. The lowest BCUT2D eigenvalue weighted by Gasteiger charge is -2.16. The highest BCUT2D eigenvalue weighted by Gasteiger charge is 2.27. The molecule has 0 amide bonds. The molecule has 1 aliphatic rings. The van der Waals surface area contributed by atoms with Crippen molar-refractivity contribution in [3.8, 4) is 10.4 Å². The number of aromatic nitrogens is 6. The molecule has 0 unspecified atom stereocenters. The van der Waals surface area contributed by atoms with E-state index in [9.17, 15) is 4.39 Å². The highest BCUT2D eigenvalue weighted by atomic mass is 32.1. The summed E-state index contributed by atoms with van der Waals surface area (Å²) >= 11 is 1.71. The minimum atomic E-state index is -0.242. The van der Waals surface area contributed by atoms with Crippen molar-refractivity contribution in [2.75, 3.05) is 32.1 Å². The summed E-state index contributed by atoms with van der Waals surface area (Å²) in [6.45, 7) is 3.72. The maximum Gasteiger partial charge on any atom is 0.142 e. The average Bonchev–Trinajstić information content (AvgIpc) is 3.68. The molecule has 0 saturated heterocycles. The highest BCUT2D eigenvalue weighted by molar-refractivity contribution is 7.22.